The van der Waals surface area contributed by atoms with E-state index in [0.29, 0.717) is 0 Å². The maximum absolute atomic E-state index is 6.12. The smallest absolute Gasteiger partial charge is 0.0667 e. The highest BCUT2D eigenvalue weighted by atomic mass is 35.5. The molecule has 0 aliphatic heterocycles. The van der Waals surface area contributed by atoms with Crippen molar-refractivity contribution in [3.8, 4) is 0 Å². The van der Waals surface area contributed by atoms with Gasteiger partial charge in [0.05, 0.1) is 5.02 Å². The Bertz CT molecular complexity index is 497. The molecule has 0 N–H and O–H groups in total. The zero-order valence-corrected chi connectivity index (χ0v) is 9.97. The molecule has 1 nitrogen and oxygen atoms in total. The number of benzene rings is 1. The fourth-order valence-corrected chi connectivity index (χ4v) is 2.03. The van der Waals surface area contributed by atoms with Gasteiger partial charge in [-0.15, -0.1) is 0 Å². The lowest BCUT2D eigenvalue weighted by Crippen LogP contribution is -2.11. The molecule has 2 rings (SSSR count). The van der Waals surface area contributed by atoms with E-state index in [-0.39, 0.29) is 5.41 Å². The van der Waals surface area contributed by atoms with E-state index in [4.69, 9.17) is 11.6 Å². The lowest BCUT2D eigenvalue weighted by atomic mass is 9.84. The molecule has 1 aromatic carbocycles. The van der Waals surface area contributed by atoms with E-state index in [1.54, 1.807) is 6.20 Å². The second kappa shape index (κ2) is 3.49. The van der Waals surface area contributed by atoms with Crippen LogP contribution in [0.4, 0.5) is 0 Å². The van der Waals surface area contributed by atoms with Crippen LogP contribution in [0.15, 0.2) is 30.6 Å². The third kappa shape index (κ3) is 1.84. The Balaban J connectivity index is 2.83. The minimum atomic E-state index is 0.117. The Hall–Kier alpha value is -1.08. The molecule has 0 spiro atoms. The van der Waals surface area contributed by atoms with Crippen LogP contribution in [0.1, 0.15) is 26.3 Å². The standard InChI is InChI=1S/C13H14ClN/c1-13(2,3)11-6-4-5-9-10(11)7-15-8-12(9)14/h4-8H,1-3H3. The summed E-state index contributed by atoms with van der Waals surface area (Å²) < 4.78 is 0. The minimum absolute atomic E-state index is 0.117. The van der Waals surface area contributed by atoms with Crippen LogP contribution < -0.4 is 0 Å². The molecule has 15 heavy (non-hydrogen) atoms. The average molecular weight is 220 g/mol. The van der Waals surface area contributed by atoms with Crippen molar-refractivity contribution < 1.29 is 0 Å². The maximum Gasteiger partial charge on any atom is 0.0667 e. The van der Waals surface area contributed by atoms with Crippen LogP contribution in [0, 0.1) is 0 Å². The molecule has 78 valence electrons. The third-order valence-corrected chi connectivity index (χ3v) is 2.86. The van der Waals surface area contributed by atoms with E-state index in [9.17, 15) is 0 Å². The highest BCUT2D eigenvalue weighted by Gasteiger charge is 2.17. The minimum Gasteiger partial charge on any atom is -0.262 e. The number of pyridine rings is 1. The van der Waals surface area contributed by atoms with Gasteiger partial charge in [0.2, 0.25) is 0 Å². The first-order chi connectivity index (χ1) is 7.00. The SMILES string of the molecule is CC(C)(C)c1cccc2c(Cl)cncc12. The molecule has 2 heteroatoms. The van der Waals surface area contributed by atoms with Crippen molar-refractivity contribution in [2.75, 3.05) is 0 Å². The number of aromatic nitrogens is 1. The van der Waals surface area contributed by atoms with Gasteiger partial charge in [-0.05, 0) is 11.0 Å². The molecule has 0 fully saturated rings. The number of nitrogens with zero attached hydrogens (tertiary/aromatic N) is 1. The van der Waals surface area contributed by atoms with Gasteiger partial charge in [-0.1, -0.05) is 50.6 Å². The Kier molecular flexibility index (Phi) is 2.43. The molecular formula is C13H14ClN. The molecule has 0 unspecified atom stereocenters. The third-order valence-electron chi connectivity index (χ3n) is 2.56. The van der Waals surface area contributed by atoms with Crippen LogP contribution >= 0.6 is 11.6 Å². The van der Waals surface area contributed by atoms with Gasteiger partial charge in [-0.2, -0.15) is 0 Å². The van der Waals surface area contributed by atoms with Crippen LogP contribution in [-0.2, 0) is 5.41 Å². The van der Waals surface area contributed by atoms with Gasteiger partial charge in [-0.25, -0.2) is 0 Å². The molecule has 0 aliphatic carbocycles. The van der Waals surface area contributed by atoms with Crippen molar-refractivity contribution >= 4 is 22.4 Å². The first-order valence-corrected chi connectivity index (χ1v) is 5.40. The number of fused-ring (bicyclic) bond motifs is 1. The molecular weight excluding hydrogens is 206 g/mol. The quantitative estimate of drug-likeness (QED) is 0.648. The van der Waals surface area contributed by atoms with Gasteiger partial charge in [-0.3, -0.25) is 4.98 Å². The summed E-state index contributed by atoms with van der Waals surface area (Å²) in [6, 6.07) is 6.23. The van der Waals surface area contributed by atoms with E-state index >= 15 is 0 Å². The molecule has 0 aliphatic rings. The number of hydrogen-bond donors (Lipinski definition) is 0. The summed E-state index contributed by atoms with van der Waals surface area (Å²) in [5.41, 5.74) is 1.40. The van der Waals surface area contributed by atoms with Crippen LogP contribution in [0.2, 0.25) is 5.02 Å². The zero-order valence-electron chi connectivity index (χ0n) is 9.21. The number of hydrogen-bond acceptors (Lipinski definition) is 1. The molecule has 1 heterocycles. The van der Waals surface area contributed by atoms with Crippen LogP contribution in [0.3, 0.4) is 0 Å². The molecule has 1 aromatic heterocycles. The monoisotopic (exact) mass is 219 g/mol. The summed E-state index contributed by atoms with van der Waals surface area (Å²) in [7, 11) is 0. The summed E-state index contributed by atoms with van der Waals surface area (Å²) >= 11 is 6.12. The molecule has 0 saturated heterocycles. The van der Waals surface area contributed by atoms with E-state index < -0.39 is 0 Å². The Labute approximate surface area is 95.1 Å². The Morgan fingerprint density at radius 2 is 1.80 bits per heavy atom. The first-order valence-electron chi connectivity index (χ1n) is 5.03. The summed E-state index contributed by atoms with van der Waals surface area (Å²) in [4.78, 5) is 4.15. The predicted molar refractivity (Wildman–Crippen MR) is 65.5 cm³/mol. The second-order valence-corrected chi connectivity index (χ2v) is 5.18. The fourth-order valence-electron chi connectivity index (χ4n) is 1.81. The van der Waals surface area contributed by atoms with E-state index in [0.717, 1.165) is 15.8 Å². The van der Waals surface area contributed by atoms with E-state index in [1.165, 1.54) is 5.56 Å². The average Bonchev–Trinajstić information content (AvgIpc) is 2.16. The largest absolute Gasteiger partial charge is 0.262 e. The van der Waals surface area contributed by atoms with Crippen molar-refractivity contribution in [2.24, 2.45) is 0 Å². The molecule has 0 amide bonds. The van der Waals surface area contributed by atoms with Crippen molar-refractivity contribution in [2.45, 2.75) is 26.2 Å². The van der Waals surface area contributed by atoms with Gasteiger partial charge in [0.15, 0.2) is 0 Å². The highest BCUT2D eigenvalue weighted by Crippen LogP contribution is 2.31. The molecule has 0 saturated carbocycles. The van der Waals surface area contributed by atoms with Crippen molar-refractivity contribution in [3.63, 3.8) is 0 Å². The molecule has 0 radical (unpaired) electrons. The van der Waals surface area contributed by atoms with Gasteiger partial charge < -0.3 is 0 Å². The Morgan fingerprint density at radius 3 is 2.47 bits per heavy atom. The molecule has 0 bridgehead atoms. The van der Waals surface area contributed by atoms with Gasteiger partial charge in [0.1, 0.15) is 0 Å². The van der Waals surface area contributed by atoms with E-state index in [2.05, 4.69) is 37.9 Å². The number of halogens is 1. The predicted octanol–water partition coefficient (Wildman–Crippen LogP) is 4.19. The topological polar surface area (TPSA) is 12.9 Å². The lowest BCUT2D eigenvalue weighted by molar-refractivity contribution is 0.596. The summed E-state index contributed by atoms with van der Waals surface area (Å²) in [6.45, 7) is 6.59. The fraction of sp³-hybridized carbons (Fsp3) is 0.308. The number of rotatable bonds is 0. The van der Waals surface area contributed by atoms with Crippen molar-refractivity contribution in [3.05, 3.63) is 41.2 Å². The molecule has 2 aromatic rings. The van der Waals surface area contributed by atoms with Crippen LogP contribution in [0.5, 0.6) is 0 Å². The summed E-state index contributed by atoms with van der Waals surface area (Å²) in [5, 5.41) is 2.95. The second-order valence-electron chi connectivity index (χ2n) is 4.77. The maximum atomic E-state index is 6.12. The van der Waals surface area contributed by atoms with Gasteiger partial charge in [0.25, 0.3) is 0 Å². The normalized spacial score (nSPS) is 12.0. The Morgan fingerprint density at radius 1 is 1.07 bits per heavy atom. The van der Waals surface area contributed by atoms with Crippen molar-refractivity contribution in [1.82, 2.24) is 4.98 Å². The lowest BCUT2D eigenvalue weighted by Gasteiger charge is -2.21. The summed E-state index contributed by atoms with van der Waals surface area (Å²) in [5.74, 6) is 0. The van der Waals surface area contributed by atoms with Gasteiger partial charge in [0, 0.05) is 23.2 Å². The summed E-state index contributed by atoms with van der Waals surface area (Å²) in [6.07, 6.45) is 3.58. The van der Waals surface area contributed by atoms with Crippen LogP contribution in [0.25, 0.3) is 10.8 Å². The van der Waals surface area contributed by atoms with E-state index in [1.807, 2.05) is 12.3 Å². The van der Waals surface area contributed by atoms with Gasteiger partial charge >= 0.3 is 0 Å². The molecule has 0 atom stereocenters. The van der Waals surface area contributed by atoms with Crippen molar-refractivity contribution in [1.29, 1.82) is 0 Å². The van der Waals surface area contributed by atoms with Crippen LogP contribution in [-0.4, -0.2) is 4.98 Å². The highest BCUT2D eigenvalue weighted by molar-refractivity contribution is 6.35. The first kappa shape index (κ1) is 10.4. The zero-order chi connectivity index (χ0) is 11.1.